The predicted octanol–water partition coefficient (Wildman–Crippen LogP) is 4.14. The molecule has 4 rings (SSSR count). The minimum atomic E-state index is 0.630. The first-order valence-electron chi connectivity index (χ1n) is 6.83. The zero-order chi connectivity index (χ0) is 14.9. The molecule has 4 aromatic rings. The zero-order valence-electron chi connectivity index (χ0n) is 11.5. The highest BCUT2D eigenvalue weighted by Gasteiger charge is 2.15. The molecule has 0 N–H and O–H groups in total. The van der Waals surface area contributed by atoms with E-state index in [2.05, 4.69) is 9.97 Å². The monoisotopic (exact) mass is 306 g/mol. The molecule has 0 atom stereocenters. The summed E-state index contributed by atoms with van der Waals surface area (Å²) >= 11 is 6.31. The summed E-state index contributed by atoms with van der Waals surface area (Å²) in [5.41, 5.74) is 3.40. The van der Waals surface area contributed by atoms with Crippen LogP contribution in [0.1, 0.15) is 0 Å². The first kappa shape index (κ1) is 13.0. The van der Waals surface area contributed by atoms with Gasteiger partial charge in [0.2, 0.25) is 0 Å². The molecule has 0 aliphatic rings. The lowest BCUT2D eigenvalue weighted by molar-refractivity contribution is 0.899. The number of nitrogens with zero attached hydrogens (tertiary/aromatic N) is 4. The Morgan fingerprint density at radius 2 is 1.68 bits per heavy atom. The van der Waals surface area contributed by atoms with Gasteiger partial charge in [0.25, 0.3) is 0 Å². The third kappa shape index (κ3) is 2.05. The SMILES string of the molecule is Clc1ccccc1-n1nc(-c2ccccc2)c2cncnc21. The summed E-state index contributed by atoms with van der Waals surface area (Å²) in [5, 5.41) is 6.25. The molecule has 4 nitrogen and oxygen atoms in total. The van der Waals surface area contributed by atoms with Crippen molar-refractivity contribution < 1.29 is 0 Å². The molecule has 0 aliphatic heterocycles. The van der Waals surface area contributed by atoms with Crippen LogP contribution in [0.2, 0.25) is 5.02 Å². The molecule has 0 saturated heterocycles. The summed E-state index contributed by atoms with van der Waals surface area (Å²) in [6.07, 6.45) is 3.30. The van der Waals surface area contributed by atoms with Crippen LogP contribution in [0, 0.1) is 0 Å². The van der Waals surface area contributed by atoms with Crippen LogP contribution in [0.5, 0.6) is 0 Å². The second-order valence-corrected chi connectivity index (χ2v) is 5.25. The molecule has 0 amide bonds. The molecular formula is C17H11ClN4. The Kier molecular flexibility index (Phi) is 3.09. The van der Waals surface area contributed by atoms with E-state index in [-0.39, 0.29) is 0 Å². The highest BCUT2D eigenvalue weighted by atomic mass is 35.5. The van der Waals surface area contributed by atoms with Gasteiger partial charge in [0.1, 0.15) is 12.0 Å². The van der Waals surface area contributed by atoms with Crippen molar-refractivity contribution >= 4 is 22.6 Å². The number of para-hydroxylation sites is 1. The second-order valence-electron chi connectivity index (χ2n) is 4.84. The molecule has 0 bridgehead atoms. The summed E-state index contributed by atoms with van der Waals surface area (Å²) < 4.78 is 1.77. The number of fused-ring (bicyclic) bond motifs is 1. The Balaban J connectivity index is 2.04. The van der Waals surface area contributed by atoms with Crippen molar-refractivity contribution in [3.05, 3.63) is 72.1 Å². The second kappa shape index (κ2) is 5.24. The quantitative estimate of drug-likeness (QED) is 0.559. The van der Waals surface area contributed by atoms with Gasteiger partial charge in [0.15, 0.2) is 5.65 Å². The van der Waals surface area contributed by atoms with Crippen LogP contribution in [0.25, 0.3) is 28.0 Å². The van der Waals surface area contributed by atoms with Crippen LogP contribution >= 0.6 is 11.6 Å². The van der Waals surface area contributed by atoms with Gasteiger partial charge in [-0.1, -0.05) is 54.1 Å². The van der Waals surface area contributed by atoms with Crippen LogP contribution in [-0.2, 0) is 0 Å². The molecule has 22 heavy (non-hydrogen) atoms. The molecule has 0 fully saturated rings. The third-order valence-electron chi connectivity index (χ3n) is 3.47. The molecule has 0 radical (unpaired) electrons. The van der Waals surface area contributed by atoms with Gasteiger partial charge in [0, 0.05) is 11.8 Å². The van der Waals surface area contributed by atoms with Crippen molar-refractivity contribution in [3.63, 3.8) is 0 Å². The Morgan fingerprint density at radius 1 is 0.909 bits per heavy atom. The smallest absolute Gasteiger partial charge is 0.166 e. The largest absolute Gasteiger partial charge is 0.244 e. The maximum Gasteiger partial charge on any atom is 0.166 e. The third-order valence-corrected chi connectivity index (χ3v) is 3.79. The lowest BCUT2D eigenvalue weighted by Gasteiger charge is -2.04. The van der Waals surface area contributed by atoms with E-state index >= 15 is 0 Å². The van der Waals surface area contributed by atoms with Gasteiger partial charge < -0.3 is 0 Å². The number of aromatic nitrogens is 4. The van der Waals surface area contributed by atoms with Crippen LogP contribution in [0.4, 0.5) is 0 Å². The van der Waals surface area contributed by atoms with Crippen molar-refractivity contribution in [2.45, 2.75) is 0 Å². The van der Waals surface area contributed by atoms with Gasteiger partial charge in [0.05, 0.1) is 16.1 Å². The fraction of sp³-hybridized carbons (Fsp3) is 0. The molecule has 2 aromatic heterocycles. The van der Waals surface area contributed by atoms with Crippen molar-refractivity contribution in [2.75, 3.05) is 0 Å². The molecule has 5 heteroatoms. The summed E-state index contributed by atoms with van der Waals surface area (Å²) in [5.74, 6) is 0. The molecule has 2 aromatic carbocycles. The van der Waals surface area contributed by atoms with Crippen molar-refractivity contribution in [3.8, 4) is 16.9 Å². The number of rotatable bonds is 2. The van der Waals surface area contributed by atoms with Crippen molar-refractivity contribution in [1.29, 1.82) is 0 Å². The predicted molar refractivity (Wildman–Crippen MR) is 87.1 cm³/mol. The molecular weight excluding hydrogens is 296 g/mol. The first-order valence-corrected chi connectivity index (χ1v) is 7.21. The Labute approximate surface area is 132 Å². The van der Waals surface area contributed by atoms with E-state index in [0.29, 0.717) is 5.02 Å². The van der Waals surface area contributed by atoms with E-state index in [1.54, 1.807) is 10.9 Å². The highest BCUT2D eigenvalue weighted by molar-refractivity contribution is 6.32. The Bertz CT molecular complexity index is 947. The zero-order valence-corrected chi connectivity index (χ0v) is 12.3. The lowest BCUT2D eigenvalue weighted by atomic mass is 10.1. The van der Waals surface area contributed by atoms with Crippen LogP contribution in [0.15, 0.2) is 67.1 Å². The van der Waals surface area contributed by atoms with Crippen molar-refractivity contribution in [2.24, 2.45) is 0 Å². The van der Waals surface area contributed by atoms with Crippen LogP contribution in [0.3, 0.4) is 0 Å². The van der Waals surface area contributed by atoms with E-state index in [9.17, 15) is 0 Å². The molecule has 0 saturated carbocycles. The van der Waals surface area contributed by atoms with Crippen LogP contribution in [-0.4, -0.2) is 19.7 Å². The van der Waals surface area contributed by atoms with Gasteiger partial charge in [-0.15, -0.1) is 0 Å². The highest BCUT2D eigenvalue weighted by Crippen LogP contribution is 2.29. The normalized spacial score (nSPS) is 11.0. The minimum Gasteiger partial charge on any atom is -0.244 e. The average Bonchev–Trinajstić information content (AvgIpc) is 2.96. The van der Waals surface area contributed by atoms with Gasteiger partial charge in [-0.25, -0.2) is 14.6 Å². The number of hydrogen-bond donors (Lipinski definition) is 0. The van der Waals surface area contributed by atoms with Gasteiger partial charge in [-0.3, -0.25) is 0 Å². The first-order chi connectivity index (χ1) is 10.8. The van der Waals surface area contributed by atoms with E-state index in [1.807, 2.05) is 54.6 Å². The molecule has 0 spiro atoms. The Morgan fingerprint density at radius 3 is 2.50 bits per heavy atom. The molecule has 0 unspecified atom stereocenters. The average molecular weight is 307 g/mol. The number of benzene rings is 2. The topological polar surface area (TPSA) is 43.6 Å². The summed E-state index contributed by atoms with van der Waals surface area (Å²) in [6.45, 7) is 0. The van der Waals surface area contributed by atoms with Crippen molar-refractivity contribution in [1.82, 2.24) is 19.7 Å². The van der Waals surface area contributed by atoms with Gasteiger partial charge >= 0.3 is 0 Å². The van der Waals surface area contributed by atoms with Crippen LogP contribution < -0.4 is 0 Å². The number of hydrogen-bond acceptors (Lipinski definition) is 3. The summed E-state index contributed by atoms with van der Waals surface area (Å²) in [6, 6.07) is 17.6. The maximum atomic E-state index is 6.31. The molecule has 0 aliphatic carbocycles. The maximum absolute atomic E-state index is 6.31. The summed E-state index contributed by atoms with van der Waals surface area (Å²) in [4.78, 5) is 8.51. The minimum absolute atomic E-state index is 0.630. The van der Waals surface area contributed by atoms with E-state index < -0.39 is 0 Å². The molecule has 106 valence electrons. The fourth-order valence-electron chi connectivity index (χ4n) is 2.46. The van der Waals surface area contributed by atoms with E-state index in [4.69, 9.17) is 16.7 Å². The van der Waals surface area contributed by atoms with Gasteiger partial charge in [-0.2, -0.15) is 5.10 Å². The fourth-order valence-corrected chi connectivity index (χ4v) is 2.68. The van der Waals surface area contributed by atoms with Gasteiger partial charge in [-0.05, 0) is 12.1 Å². The van der Waals surface area contributed by atoms with E-state index in [0.717, 1.165) is 28.0 Å². The summed E-state index contributed by atoms with van der Waals surface area (Å²) in [7, 11) is 0. The Hall–Kier alpha value is -2.72. The van der Waals surface area contributed by atoms with E-state index in [1.165, 1.54) is 6.33 Å². The number of halogens is 1. The standard InChI is InChI=1S/C17H11ClN4/c18-14-8-4-5-9-15(14)22-17-13(10-19-11-20-17)16(21-22)12-6-2-1-3-7-12/h1-11H. The molecule has 2 heterocycles. The lowest BCUT2D eigenvalue weighted by Crippen LogP contribution is -1.98.